The molecule has 1 fully saturated rings. The van der Waals surface area contributed by atoms with E-state index < -0.39 is 0 Å². The van der Waals surface area contributed by atoms with Crippen LogP contribution in [0.4, 0.5) is 11.5 Å². The van der Waals surface area contributed by atoms with Crippen LogP contribution in [-0.2, 0) is 13.7 Å². The number of benzene rings is 2. The van der Waals surface area contributed by atoms with E-state index >= 15 is 0 Å². The first-order chi connectivity index (χ1) is 20.9. The SMILES string of the molecule is CC(c1ncc[nH]1)n1cc(Nc2nc(-c3cccc(-n4ccc5cc(C6CC6)ccc5c4=O)c3CO)cn(C)c2=O)cn1. The summed E-state index contributed by atoms with van der Waals surface area (Å²) in [6.07, 6.45) is 12.6. The molecular weight excluding hydrogens is 544 g/mol. The molecule has 3 N–H and O–H groups in total. The molecule has 0 saturated heterocycles. The molecule has 4 aromatic heterocycles. The summed E-state index contributed by atoms with van der Waals surface area (Å²) >= 11 is 0. The zero-order valence-corrected chi connectivity index (χ0v) is 23.7. The first-order valence-corrected chi connectivity index (χ1v) is 14.2. The van der Waals surface area contributed by atoms with Gasteiger partial charge in [0.15, 0.2) is 5.82 Å². The van der Waals surface area contributed by atoms with Crippen LogP contribution < -0.4 is 16.4 Å². The lowest BCUT2D eigenvalue weighted by Gasteiger charge is -2.16. The number of fused-ring (bicyclic) bond motifs is 1. The monoisotopic (exact) mass is 574 g/mol. The molecule has 216 valence electrons. The fourth-order valence-electron chi connectivity index (χ4n) is 5.53. The summed E-state index contributed by atoms with van der Waals surface area (Å²) in [6, 6.07) is 13.3. The molecule has 1 atom stereocenters. The summed E-state index contributed by atoms with van der Waals surface area (Å²) in [7, 11) is 1.65. The van der Waals surface area contributed by atoms with Crippen LogP contribution in [0.25, 0.3) is 27.7 Å². The third-order valence-electron chi connectivity index (χ3n) is 8.07. The maximum Gasteiger partial charge on any atom is 0.293 e. The van der Waals surface area contributed by atoms with Crippen molar-refractivity contribution >= 4 is 22.3 Å². The molecule has 11 nitrogen and oxygen atoms in total. The van der Waals surface area contributed by atoms with E-state index in [1.807, 2.05) is 37.3 Å². The van der Waals surface area contributed by atoms with Crippen LogP contribution in [0.1, 0.15) is 48.7 Å². The summed E-state index contributed by atoms with van der Waals surface area (Å²) < 4.78 is 4.73. The van der Waals surface area contributed by atoms with Gasteiger partial charge in [-0.3, -0.25) is 18.8 Å². The van der Waals surface area contributed by atoms with Gasteiger partial charge in [-0.25, -0.2) is 9.97 Å². The Bertz CT molecular complexity index is 2090. The van der Waals surface area contributed by atoms with Crippen LogP contribution in [0.5, 0.6) is 0 Å². The minimum absolute atomic E-state index is 0.105. The second-order valence-electron chi connectivity index (χ2n) is 10.9. The van der Waals surface area contributed by atoms with Crippen molar-refractivity contribution in [3.05, 3.63) is 117 Å². The van der Waals surface area contributed by atoms with E-state index in [0.717, 1.165) is 11.2 Å². The highest BCUT2D eigenvalue weighted by atomic mass is 16.3. The predicted molar refractivity (Wildman–Crippen MR) is 164 cm³/mol. The van der Waals surface area contributed by atoms with Gasteiger partial charge in [-0.1, -0.05) is 24.3 Å². The number of rotatable bonds is 8. The third kappa shape index (κ3) is 4.83. The Morgan fingerprint density at radius 1 is 1.12 bits per heavy atom. The van der Waals surface area contributed by atoms with Gasteiger partial charge in [-0.05, 0) is 54.8 Å². The Labute approximate surface area is 246 Å². The lowest BCUT2D eigenvalue weighted by atomic mass is 10.0. The van der Waals surface area contributed by atoms with E-state index in [-0.39, 0.29) is 29.6 Å². The molecular formula is C32H30N8O3. The number of aryl methyl sites for hydroxylation is 1. The Morgan fingerprint density at radius 3 is 2.74 bits per heavy atom. The molecule has 0 radical (unpaired) electrons. The van der Waals surface area contributed by atoms with Crippen LogP contribution >= 0.6 is 0 Å². The standard InChI is InChI=1S/C32H30N8O3/c1-19(29-33-11-12-34-29)40-16-23(15-35-40)36-30-32(43)38(2)17-27(37-30)25-4-3-5-28(26(25)18-41)39-13-10-22-14-21(20-6-7-20)8-9-24(22)31(39)42/h3-5,8-17,19-20,41H,6-7,18H2,1-2H3,(H,33,34)(H,36,37). The molecule has 1 aliphatic carbocycles. The van der Waals surface area contributed by atoms with Crippen molar-refractivity contribution < 1.29 is 5.11 Å². The van der Waals surface area contributed by atoms with Crippen molar-refractivity contribution in [2.75, 3.05) is 5.32 Å². The van der Waals surface area contributed by atoms with Gasteiger partial charge in [-0.15, -0.1) is 0 Å². The number of imidazole rings is 1. The van der Waals surface area contributed by atoms with Crippen molar-refractivity contribution in [1.29, 1.82) is 0 Å². The van der Waals surface area contributed by atoms with Crippen LogP contribution in [-0.4, -0.2) is 39.0 Å². The van der Waals surface area contributed by atoms with Crippen molar-refractivity contribution in [3.8, 4) is 16.9 Å². The molecule has 0 bridgehead atoms. The third-order valence-corrected chi connectivity index (χ3v) is 8.07. The first kappa shape index (κ1) is 26.6. The normalized spacial score (nSPS) is 13.8. The molecule has 1 saturated carbocycles. The van der Waals surface area contributed by atoms with Gasteiger partial charge in [-0.2, -0.15) is 5.10 Å². The number of nitrogens with one attached hydrogen (secondary N) is 2. The summed E-state index contributed by atoms with van der Waals surface area (Å²) in [6.45, 7) is 1.63. The summed E-state index contributed by atoms with van der Waals surface area (Å²) in [4.78, 5) is 38.7. The van der Waals surface area contributed by atoms with Gasteiger partial charge in [0.2, 0.25) is 0 Å². The molecule has 11 heteroatoms. The minimum Gasteiger partial charge on any atom is -0.392 e. The molecule has 0 spiro atoms. The van der Waals surface area contributed by atoms with E-state index in [1.165, 1.54) is 23.0 Å². The molecule has 7 rings (SSSR count). The van der Waals surface area contributed by atoms with Crippen LogP contribution in [0.15, 0.2) is 89.2 Å². The van der Waals surface area contributed by atoms with E-state index in [4.69, 9.17) is 0 Å². The van der Waals surface area contributed by atoms with Gasteiger partial charge >= 0.3 is 0 Å². The highest BCUT2D eigenvalue weighted by Crippen LogP contribution is 2.40. The molecule has 0 amide bonds. The molecule has 4 heterocycles. The van der Waals surface area contributed by atoms with Gasteiger partial charge < -0.3 is 20.0 Å². The fourth-order valence-corrected chi connectivity index (χ4v) is 5.53. The first-order valence-electron chi connectivity index (χ1n) is 14.2. The largest absolute Gasteiger partial charge is 0.392 e. The number of aliphatic hydroxyl groups is 1. The number of anilines is 2. The van der Waals surface area contributed by atoms with Crippen molar-refractivity contribution in [1.82, 2.24) is 33.9 Å². The van der Waals surface area contributed by atoms with E-state index in [0.29, 0.717) is 39.5 Å². The quantitative estimate of drug-likeness (QED) is 0.245. The average molecular weight is 575 g/mol. The van der Waals surface area contributed by atoms with E-state index in [9.17, 15) is 14.7 Å². The number of hydrogen-bond acceptors (Lipinski definition) is 7. The number of aliphatic hydroxyl groups excluding tert-OH is 1. The topological polar surface area (TPSA) is 136 Å². The second kappa shape index (κ2) is 10.5. The maximum atomic E-state index is 13.6. The number of hydrogen-bond donors (Lipinski definition) is 3. The predicted octanol–water partition coefficient (Wildman–Crippen LogP) is 4.39. The van der Waals surface area contributed by atoms with Crippen molar-refractivity contribution in [2.24, 2.45) is 7.05 Å². The number of pyridine rings is 1. The molecule has 6 aromatic rings. The van der Waals surface area contributed by atoms with E-state index in [2.05, 4.69) is 31.4 Å². The summed E-state index contributed by atoms with van der Waals surface area (Å²) in [5, 5.41) is 19.6. The number of nitrogens with zero attached hydrogens (tertiary/aromatic N) is 6. The molecule has 1 aliphatic rings. The number of aromatic nitrogens is 7. The van der Waals surface area contributed by atoms with Gasteiger partial charge in [0.1, 0.15) is 11.9 Å². The molecule has 43 heavy (non-hydrogen) atoms. The van der Waals surface area contributed by atoms with Gasteiger partial charge in [0.05, 0.1) is 29.9 Å². The lowest BCUT2D eigenvalue weighted by molar-refractivity contribution is 0.282. The second-order valence-corrected chi connectivity index (χ2v) is 10.9. The maximum absolute atomic E-state index is 13.6. The van der Waals surface area contributed by atoms with Gasteiger partial charge in [0, 0.05) is 54.5 Å². The van der Waals surface area contributed by atoms with Crippen LogP contribution in [0, 0.1) is 0 Å². The van der Waals surface area contributed by atoms with Crippen molar-refractivity contribution in [2.45, 2.75) is 38.3 Å². The Hall–Kier alpha value is -5.29. The minimum atomic E-state index is -0.332. The highest BCUT2D eigenvalue weighted by molar-refractivity contribution is 5.83. The zero-order valence-electron chi connectivity index (χ0n) is 23.7. The molecule has 0 aliphatic heterocycles. The van der Waals surface area contributed by atoms with E-state index in [1.54, 1.807) is 59.5 Å². The summed E-state index contributed by atoms with van der Waals surface area (Å²) in [5.41, 5.74) is 3.52. The lowest BCUT2D eigenvalue weighted by Crippen LogP contribution is -2.22. The molecule has 2 aromatic carbocycles. The summed E-state index contributed by atoms with van der Waals surface area (Å²) in [5.74, 6) is 1.46. The van der Waals surface area contributed by atoms with Crippen LogP contribution in [0.3, 0.4) is 0 Å². The fraction of sp³-hybridized carbons (Fsp3) is 0.219. The highest BCUT2D eigenvalue weighted by Gasteiger charge is 2.24. The number of H-pyrrole nitrogens is 1. The van der Waals surface area contributed by atoms with Gasteiger partial charge in [0.25, 0.3) is 11.1 Å². The Balaban J connectivity index is 1.25. The van der Waals surface area contributed by atoms with Crippen molar-refractivity contribution in [3.63, 3.8) is 0 Å². The Kier molecular flexibility index (Phi) is 6.51. The average Bonchev–Trinajstić information content (AvgIpc) is 3.51. The number of aromatic amines is 1. The smallest absolute Gasteiger partial charge is 0.293 e. The Morgan fingerprint density at radius 2 is 1.98 bits per heavy atom. The molecule has 1 unspecified atom stereocenters. The zero-order chi connectivity index (χ0) is 29.7. The van der Waals surface area contributed by atoms with Crippen LogP contribution in [0.2, 0.25) is 0 Å².